The van der Waals surface area contributed by atoms with Crippen molar-refractivity contribution >= 4 is 5.97 Å². The summed E-state index contributed by atoms with van der Waals surface area (Å²) in [5.41, 5.74) is 2.12. The topological polar surface area (TPSA) is 66.3 Å². The van der Waals surface area contributed by atoms with Crippen LogP contribution in [-0.4, -0.2) is 32.5 Å². The largest absolute Gasteiger partial charge is 0.477 e. The van der Waals surface area contributed by atoms with Gasteiger partial charge in [-0.25, -0.2) is 9.78 Å². The lowest BCUT2D eigenvalue weighted by Crippen LogP contribution is -2.33. The number of carboxylic acids is 1. The third-order valence-corrected chi connectivity index (χ3v) is 4.07. The molecule has 3 rings (SSSR count). The van der Waals surface area contributed by atoms with E-state index in [9.17, 15) is 4.79 Å². The van der Waals surface area contributed by atoms with Crippen LogP contribution in [0.4, 0.5) is 0 Å². The lowest BCUT2D eigenvalue weighted by atomic mass is 9.96. The van der Waals surface area contributed by atoms with Crippen LogP contribution < -0.4 is 0 Å². The zero-order valence-corrected chi connectivity index (χ0v) is 12.4. The van der Waals surface area contributed by atoms with Gasteiger partial charge in [0.1, 0.15) is 5.69 Å². The molecule has 0 bridgehead atoms. The first-order valence-corrected chi connectivity index (χ1v) is 7.57. The number of hydrogen-bond acceptors (Lipinski definition) is 4. The minimum absolute atomic E-state index is 0.104. The van der Waals surface area contributed by atoms with Crippen molar-refractivity contribution in [2.45, 2.75) is 31.8 Å². The lowest BCUT2D eigenvalue weighted by Gasteiger charge is -2.35. The molecule has 1 aliphatic rings. The summed E-state index contributed by atoms with van der Waals surface area (Å²) in [7, 11) is 0. The normalized spacial score (nSPS) is 19.0. The van der Waals surface area contributed by atoms with Gasteiger partial charge < -0.3 is 5.11 Å². The molecule has 2 aromatic rings. The second kappa shape index (κ2) is 6.66. The molecule has 5 heteroatoms. The number of likely N-dealkylation sites (tertiary alicyclic amines) is 1. The highest BCUT2D eigenvalue weighted by atomic mass is 16.4. The van der Waals surface area contributed by atoms with Crippen LogP contribution in [0.25, 0.3) is 0 Å². The zero-order valence-electron chi connectivity index (χ0n) is 12.4. The Labute approximate surface area is 129 Å². The maximum atomic E-state index is 11.0. The van der Waals surface area contributed by atoms with Gasteiger partial charge >= 0.3 is 5.97 Å². The molecule has 1 atom stereocenters. The van der Waals surface area contributed by atoms with Crippen LogP contribution in [0.5, 0.6) is 0 Å². The Hall–Kier alpha value is -2.27. The highest BCUT2D eigenvalue weighted by Gasteiger charge is 2.24. The SMILES string of the molecule is O=C(O)c1cccc(CN2CCCCC2c2cccnc2)n1. The fourth-order valence-corrected chi connectivity index (χ4v) is 3.03. The Morgan fingerprint density at radius 2 is 2.18 bits per heavy atom. The maximum absolute atomic E-state index is 11.0. The van der Waals surface area contributed by atoms with E-state index in [1.807, 2.05) is 18.3 Å². The molecular weight excluding hydrogens is 278 g/mol. The van der Waals surface area contributed by atoms with E-state index in [2.05, 4.69) is 20.9 Å². The summed E-state index contributed by atoms with van der Waals surface area (Å²) < 4.78 is 0. The number of aromatic nitrogens is 2. The van der Waals surface area contributed by atoms with E-state index >= 15 is 0 Å². The standard InChI is InChI=1S/C17H19N3O2/c21-17(22)15-7-3-6-14(19-15)12-20-10-2-1-8-16(20)13-5-4-9-18-11-13/h3-7,9,11,16H,1-2,8,10,12H2,(H,21,22). The summed E-state index contributed by atoms with van der Waals surface area (Å²) in [6, 6.07) is 9.58. The van der Waals surface area contributed by atoms with Crippen molar-refractivity contribution in [1.82, 2.24) is 14.9 Å². The fraction of sp³-hybridized carbons (Fsp3) is 0.353. The quantitative estimate of drug-likeness (QED) is 0.940. The number of nitrogens with zero attached hydrogens (tertiary/aromatic N) is 3. The minimum atomic E-state index is -0.982. The molecule has 1 unspecified atom stereocenters. The first kappa shape index (κ1) is 14.7. The maximum Gasteiger partial charge on any atom is 0.354 e. The molecule has 0 amide bonds. The van der Waals surface area contributed by atoms with Crippen LogP contribution in [0.3, 0.4) is 0 Å². The Morgan fingerprint density at radius 1 is 1.27 bits per heavy atom. The number of carboxylic acid groups (broad SMARTS) is 1. The van der Waals surface area contributed by atoms with Crippen molar-refractivity contribution in [3.05, 3.63) is 59.7 Å². The van der Waals surface area contributed by atoms with Crippen LogP contribution in [0, 0.1) is 0 Å². The minimum Gasteiger partial charge on any atom is -0.477 e. The number of piperidine rings is 1. The average molecular weight is 297 g/mol. The van der Waals surface area contributed by atoms with Crippen LogP contribution in [-0.2, 0) is 6.54 Å². The highest BCUT2D eigenvalue weighted by molar-refractivity contribution is 5.85. The molecule has 0 radical (unpaired) electrons. The third-order valence-electron chi connectivity index (χ3n) is 4.07. The molecule has 1 fully saturated rings. The molecule has 0 aliphatic carbocycles. The van der Waals surface area contributed by atoms with E-state index in [0.29, 0.717) is 12.6 Å². The molecule has 3 heterocycles. The summed E-state index contributed by atoms with van der Waals surface area (Å²) in [5.74, 6) is -0.982. The average Bonchev–Trinajstić information content (AvgIpc) is 2.56. The Morgan fingerprint density at radius 3 is 2.95 bits per heavy atom. The van der Waals surface area contributed by atoms with Gasteiger partial charge in [-0.15, -0.1) is 0 Å². The molecular formula is C17H19N3O2. The van der Waals surface area contributed by atoms with Crippen molar-refractivity contribution in [2.24, 2.45) is 0 Å². The predicted octanol–water partition coefficient (Wildman–Crippen LogP) is 2.90. The summed E-state index contributed by atoms with van der Waals surface area (Å²) >= 11 is 0. The second-order valence-electron chi connectivity index (χ2n) is 5.59. The van der Waals surface area contributed by atoms with Gasteiger partial charge in [0.05, 0.1) is 5.69 Å². The van der Waals surface area contributed by atoms with Crippen molar-refractivity contribution in [3.8, 4) is 0 Å². The van der Waals surface area contributed by atoms with Crippen molar-refractivity contribution in [1.29, 1.82) is 0 Å². The van der Waals surface area contributed by atoms with E-state index in [0.717, 1.165) is 25.1 Å². The summed E-state index contributed by atoms with van der Waals surface area (Å²) in [6.45, 7) is 1.67. The van der Waals surface area contributed by atoms with Crippen molar-refractivity contribution in [3.63, 3.8) is 0 Å². The van der Waals surface area contributed by atoms with Gasteiger partial charge in [-0.2, -0.15) is 0 Å². The highest BCUT2D eigenvalue weighted by Crippen LogP contribution is 2.31. The summed E-state index contributed by atoms with van der Waals surface area (Å²) in [4.78, 5) is 21.9. The monoisotopic (exact) mass is 297 g/mol. The van der Waals surface area contributed by atoms with Crippen molar-refractivity contribution in [2.75, 3.05) is 6.54 Å². The van der Waals surface area contributed by atoms with Gasteiger partial charge in [-0.3, -0.25) is 9.88 Å². The molecule has 5 nitrogen and oxygen atoms in total. The summed E-state index contributed by atoms with van der Waals surface area (Å²) in [5, 5.41) is 9.06. The fourth-order valence-electron chi connectivity index (χ4n) is 3.03. The number of rotatable bonds is 4. The third kappa shape index (κ3) is 3.31. The Balaban J connectivity index is 1.80. The van der Waals surface area contributed by atoms with Gasteiger partial charge in [-0.1, -0.05) is 18.6 Å². The second-order valence-corrected chi connectivity index (χ2v) is 5.59. The smallest absolute Gasteiger partial charge is 0.354 e. The van der Waals surface area contributed by atoms with E-state index in [-0.39, 0.29) is 5.69 Å². The van der Waals surface area contributed by atoms with E-state index < -0.39 is 5.97 Å². The summed E-state index contributed by atoms with van der Waals surface area (Å²) in [6.07, 6.45) is 7.18. The first-order chi connectivity index (χ1) is 10.7. The van der Waals surface area contributed by atoms with E-state index in [4.69, 9.17) is 5.11 Å². The van der Waals surface area contributed by atoms with Gasteiger partial charge in [0.2, 0.25) is 0 Å². The predicted molar refractivity (Wildman–Crippen MR) is 82.4 cm³/mol. The Kier molecular flexibility index (Phi) is 4.44. The van der Waals surface area contributed by atoms with E-state index in [1.165, 1.54) is 18.1 Å². The van der Waals surface area contributed by atoms with Gasteiger partial charge in [0.25, 0.3) is 0 Å². The number of hydrogen-bond donors (Lipinski definition) is 1. The van der Waals surface area contributed by atoms with E-state index in [1.54, 1.807) is 12.3 Å². The molecule has 0 aromatic carbocycles. The number of carbonyl (C=O) groups is 1. The molecule has 114 valence electrons. The van der Waals surface area contributed by atoms with Crippen LogP contribution >= 0.6 is 0 Å². The molecule has 1 N–H and O–H groups in total. The van der Waals surface area contributed by atoms with Crippen molar-refractivity contribution < 1.29 is 9.90 Å². The lowest BCUT2D eigenvalue weighted by molar-refractivity contribution is 0.0689. The molecule has 0 saturated carbocycles. The number of aromatic carboxylic acids is 1. The van der Waals surface area contributed by atoms with Gasteiger partial charge in [0.15, 0.2) is 0 Å². The van der Waals surface area contributed by atoms with Crippen LogP contribution in [0.1, 0.15) is 47.1 Å². The molecule has 1 aliphatic heterocycles. The Bertz CT molecular complexity index is 645. The molecule has 0 spiro atoms. The van der Waals surface area contributed by atoms with Gasteiger partial charge in [-0.05, 0) is 43.1 Å². The van der Waals surface area contributed by atoms with Crippen LogP contribution in [0.15, 0.2) is 42.7 Å². The zero-order chi connectivity index (χ0) is 15.4. The van der Waals surface area contributed by atoms with Gasteiger partial charge in [0, 0.05) is 25.0 Å². The van der Waals surface area contributed by atoms with Crippen LogP contribution in [0.2, 0.25) is 0 Å². The molecule has 22 heavy (non-hydrogen) atoms. The first-order valence-electron chi connectivity index (χ1n) is 7.57. The molecule has 2 aromatic heterocycles. The number of pyridine rings is 2. The molecule has 1 saturated heterocycles.